The largest absolute Gasteiger partial charge is 0.381 e. The Kier molecular flexibility index (Phi) is 6.69. The zero-order chi connectivity index (χ0) is 15.8. The highest BCUT2D eigenvalue weighted by Gasteiger charge is 2.26. The van der Waals surface area contributed by atoms with Gasteiger partial charge in [-0.15, -0.1) is 0 Å². The summed E-state index contributed by atoms with van der Waals surface area (Å²) < 4.78 is 11.0. The zero-order valence-corrected chi connectivity index (χ0v) is 13.8. The van der Waals surface area contributed by atoms with Crippen LogP contribution in [-0.2, 0) is 16.1 Å². The second-order valence-electron chi connectivity index (χ2n) is 5.78. The van der Waals surface area contributed by atoms with Crippen LogP contribution in [0.25, 0.3) is 0 Å². The van der Waals surface area contributed by atoms with E-state index in [0.717, 1.165) is 18.8 Å². The van der Waals surface area contributed by atoms with Gasteiger partial charge in [0.1, 0.15) is 0 Å². The number of ether oxygens (including phenoxy) is 2. The van der Waals surface area contributed by atoms with Crippen molar-refractivity contribution < 1.29 is 9.47 Å². The lowest BCUT2D eigenvalue weighted by Gasteiger charge is -2.29. The summed E-state index contributed by atoms with van der Waals surface area (Å²) in [6, 6.07) is 10.8. The fraction of sp³-hybridized carbons (Fsp3) is 0.474. The molecule has 0 radical (unpaired) electrons. The molecule has 0 bridgehead atoms. The van der Waals surface area contributed by atoms with Gasteiger partial charge in [-0.2, -0.15) is 0 Å². The molecule has 0 N–H and O–H groups in total. The Morgan fingerprint density at radius 2 is 2.14 bits per heavy atom. The first-order valence-corrected chi connectivity index (χ1v) is 7.95. The fourth-order valence-electron chi connectivity index (χ4n) is 2.80. The number of rotatable bonds is 8. The minimum Gasteiger partial charge on any atom is -0.381 e. The van der Waals surface area contributed by atoms with E-state index in [-0.39, 0.29) is 0 Å². The SMILES string of the molecule is C=C(/C(C)=C/COC)N1CCC[C@H]1COCc1ccccc1. The normalized spacial score (nSPS) is 18.7. The van der Waals surface area contributed by atoms with Crippen molar-refractivity contribution in [1.82, 2.24) is 4.90 Å². The van der Waals surface area contributed by atoms with Crippen LogP contribution >= 0.6 is 0 Å². The Balaban J connectivity index is 1.84. The summed E-state index contributed by atoms with van der Waals surface area (Å²) in [6.07, 6.45) is 4.46. The van der Waals surface area contributed by atoms with Gasteiger partial charge in [0, 0.05) is 19.4 Å². The van der Waals surface area contributed by atoms with Gasteiger partial charge in [0.2, 0.25) is 0 Å². The molecule has 3 nitrogen and oxygen atoms in total. The second kappa shape index (κ2) is 8.76. The second-order valence-corrected chi connectivity index (χ2v) is 5.78. The molecule has 1 fully saturated rings. The predicted octanol–water partition coefficient (Wildman–Crippen LogP) is 3.77. The van der Waals surface area contributed by atoms with Crippen molar-refractivity contribution in [2.75, 3.05) is 26.9 Å². The molecule has 22 heavy (non-hydrogen) atoms. The molecule has 1 aliphatic rings. The van der Waals surface area contributed by atoms with Crippen molar-refractivity contribution in [3.63, 3.8) is 0 Å². The van der Waals surface area contributed by atoms with Gasteiger partial charge in [0.15, 0.2) is 0 Å². The molecule has 0 unspecified atom stereocenters. The molecule has 0 aliphatic carbocycles. The van der Waals surface area contributed by atoms with Crippen molar-refractivity contribution in [3.8, 4) is 0 Å². The highest BCUT2D eigenvalue weighted by molar-refractivity contribution is 5.26. The molecule has 0 amide bonds. The summed E-state index contributed by atoms with van der Waals surface area (Å²) >= 11 is 0. The molecule has 1 aromatic rings. The number of hydrogen-bond donors (Lipinski definition) is 0. The summed E-state index contributed by atoms with van der Waals surface area (Å²) in [4.78, 5) is 2.38. The third-order valence-corrected chi connectivity index (χ3v) is 4.16. The summed E-state index contributed by atoms with van der Waals surface area (Å²) in [5, 5.41) is 0. The first kappa shape index (κ1) is 16.8. The maximum atomic E-state index is 5.92. The van der Waals surface area contributed by atoms with Crippen LogP contribution in [0.15, 0.2) is 54.3 Å². The molecule has 2 rings (SSSR count). The first-order valence-electron chi connectivity index (χ1n) is 7.95. The van der Waals surface area contributed by atoms with Gasteiger partial charge in [-0.1, -0.05) is 43.0 Å². The predicted molar refractivity (Wildman–Crippen MR) is 90.6 cm³/mol. The van der Waals surface area contributed by atoms with Crippen molar-refractivity contribution in [2.24, 2.45) is 0 Å². The van der Waals surface area contributed by atoms with Crippen LogP contribution in [-0.4, -0.2) is 37.8 Å². The van der Waals surface area contributed by atoms with Crippen LogP contribution in [0, 0.1) is 0 Å². The number of methoxy groups -OCH3 is 1. The Bertz CT molecular complexity index is 495. The molecular weight excluding hydrogens is 274 g/mol. The molecule has 1 saturated heterocycles. The van der Waals surface area contributed by atoms with Crippen LogP contribution in [0.5, 0.6) is 0 Å². The maximum Gasteiger partial charge on any atom is 0.0717 e. The van der Waals surface area contributed by atoms with Gasteiger partial charge in [0.05, 0.1) is 25.9 Å². The maximum absolute atomic E-state index is 5.92. The average Bonchev–Trinajstić information content (AvgIpc) is 3.01. The third-order valence-electron chi connectivity index (χ3n) is 4.16. The molecule has 1 aliphatic heterocycles. The first-order chi connectivity index (χ1) is 10.7. The average molecular weight is 301 g/mol. The summed E-state index contributed by atoms with van der Waals surface area (Å²) in [7, 11) is 1.71. The quantitative estimate of drug-likeness (QED) is 0.682. The van der Waals surface area contributed by atoms with E-state index in [9.17, 15) is 0 Å². The molecule has 1 aromatic carbocycles. The molecule has 0 saturated carbocycles. The van der Waals surface area contributed by atoms with Gasteiger partial charge in [-0.25, -0.2) is 0 Å². The van der Waals surface area contributed by atoms with Crippen LogP contribution in [0.1, 0.15) is 25.3 Å². The van der Waals surface area contributed by atoms with Gasteiger partial charge in [-0.05, 0) is 30.9 Å². The lowest BCUT2D eigenvalue weighted by molar-refractivity contribution is 0.0776. The lowest BCUT2D eigenvalue weighted by Crippen LogP contribution is -2.32. The molecule has 0 aromatic heterocycles. The molecule has 1 heterocycles. The van der Waals surface area contributed by atoms with Crippen molar-refractivity contribution in [2.45, 2.75) is 32.4 Å². The minimum absolute atomic E-state index is 0.433. The smallest absolute Gasteiger partial charge is 0.0717 e. The van der Waals surface area contributed by atoms with E-state index < -0.39 is 0 Å². The standard InChI is InChI=1S/C19H27NO2/c1-16(11-13-21-3)17(2)20-12-7-10-19(20)15-22-14-18-8-5-4-6-9-18/h4-6,8-9,11,19H,2,7,10,12-15H2,1,3H3/b16-11+/t19-/m0/s1. The summed E-state index contributed by atoms with van der Waals surface area (Å²) in [5.74, 6) is 0. The monoisotopic (exact) mass is 301 g/mol. The number of likely N-dealkylation sites (tertiary alicyclic amines) is 1. The fourth-order valence-corrected chi connectivity index (χ4v) is 2.80. The molecular formula is C19H27NO2. The van der Waals surface area contributed by atoms with Gasteiger partial charge in [-0.3, -0.25) is 0 Å². The number of nitrogens with zero attached hydrogens (tertiary/aromatic N) is 1. The third kappa shape index (κ3) is 4.72. The Labute approximate surface area is 134 Å². The Hall–Kier alpha value is -1.58. The highest BCUT2D eigenvalue weighted by Crippen LogP contribution is 2.25. The summed E-state index contributed by atoms with van der Waals surface area (Å²) in [5.41, 5.74) is 3.52. The highest BCUT2D eigenvalue weighted by atomic mass is 16.5. The number of benzene rings is 1. The molecule has 0 spiro atoms. The topological polar surface area (TPSA) is 21.7 Å². The van der Waals surface area contributed by atoms with Crippen LogP contribution in [0.3, 0.4) is 0 Å². The number of allylic oxidation sites excluding steroid dienone is 1. The van der Waals surface area contributed by atoms with Crippen LogP contribution < -0.4 is 0 Å². The van der Waals surface area contributed by atoms with Crippen molar-refractivity contribution >= 4 is 0 Å². The van der Waals surface area contributed by atoms with Gasteiger partial charge < -0.3 is 14.4 Å². The van der Waals surface area contributed by atoms with E-state index in [4.69, 9.17) is 9.47 Å². The van der Waals surface area contributed by atoms with Crippen molar-refractivity contribution in [1.29, 1.82) is 0 Å². The Morgan fingerprint density at radius 1 is 1.36 bits per heavy atom. The zero-order valence-electron chi connectivity index (χ0n) is 13.8. The van der Waals surface area contributed by atoms with Crippen LogP contribution in [0.4, 0.5) is 0 Å². The van der Waals surface area contributed by atoms with E-state index in [1.807, 2.05) is 18.2 Å². The lowest BCUT2D eigenvalue weighted by atomic mass is 10.1. The Morgan fingerprint density at radius 3 is 2.86 bits per heavy atom. The minimum atomic E-state index is 0.433. The molecule has 120 valence electrons. The van der Waals surface area contributed by atoms with E-state index in [1.165, 1.54) is 24.0 Å². The van der Waals surface area contributed by atoms with Gasteiger partial charge >= 0.3 is 0 Å². The van der Waals surface area contributed by atoms with E-state index >= 15 is 0 Å². The van der Waals surface area contributed by atoms with E-state index in [1.54, 1.807) is 7.11 Å². The van der Waals surface area contributed by atoms with Crippen LogP contribution in [0.2, 0.25) is 0 Å². The van der Waals surface area contributed by atoms with Gasteiger partial charge in [0.25, 0.3) is 0 Å². The van der Waals surface area contributed by atoms with Crippen molar-refractivity contribution in [3.05, 3.63) is 59.8 Å². The summed E-state index contributed by atoms with van der Waals surface area (Å²) in [6.45, 7) is 9.48. The molecule has 1 atom stereocenters. The van der Waals surface area contributed by atoms with E-state index in [2.05, 4.69) is 36.6 Å². The molecule has 3 heteroatoms. The number of hydrogen-bond acceptors (Lipinski definition) is 3. The van der Waals surface area contributed by atoms with E-state index in [0.29, 0.717) is 19.3 Å².